The maximum Gasteiger partial charge on any atom is 0.0796 e. The van der Waals surface area contributed by atoms with E-state index in [9.17, 15) is 0 Å². The van der Waals surface area contributed by atoms with Crippen molar-refractivity contribution in [2.24, 2.45) is 9.98 Å². The first-order valence-electron chi connectivity index (χ1n) is 7.14. The molecule has 2 rings (SSSR count). The van der Waals surface area contributed by atoms with Gasteiger partial charge in [0.1, 0.15) is 0 Å². The van der Waals surface area contributed by atoms with Crippen molar-refractivity contribution in [1.29, 1.82) is 0 Å². The highest BCUT2D eigenvalue weighted by atomic mass is 14.9. The Kier molecular flexibility index (Phi) is 3.62. The normalized spacial score (nSPS) is 28.9. The summed E-state index contributed by atoms with van der Waals surface area (Å²) in [7, 11) is 1.85. The average molecular weight is 256 g/mol. The van der Waals surface area contributed by atoms with Gasteiger partial charge in [0.05, 0.1) is 17.0 Å². The molecule has 0 spiro atoms. The Hall–Kier alpha value is -1.44. The van der Waals surface area contributed by atoms with Gasteiger partial charge in [-0.25, -0.2) is 0 Å². The molecule has 0 bridgehead atoms. The first kappa shape index (κ1) is 14.0. The van der Waals surface area contributed by atoms with Gasteiger partial charge < -0.3 is 0 Å². The number of fused-ring (bicyclic) bond motifs is 1. The minimum absolute atomic E-state index is 0.0497. The van der Waals surface area contributed by atoms with Crippen LogP contribution in [0.4, 0.5) is 0 Å². The molecule has 0 aromatic carbocycles. The van der Waals surface area contributed by atoms with Crippen molar-refractivity contribution < 1.29 is 0 Å². The molecule has 0 fully saturated rings. The predicted octanol–water partition coefficient (Wildman–Crippen LogP) is 4.29. The zero-order chi connectivity index (χ0) is 14.2. The molecule has 2 aliphatic rings. The van der Waals surface area contributed by atoms with Crippen molar-refractivity contribution in [3.8, 4) is 0 Å². The lowest BCUT2D eigenvalue weighted by molar-refractivity contribution is 0.525. The number of dihydropyridines is 1. The summed E-state index contributed by atoms with van der Waals surface area (Å²) in [5.41, 5.74) is 7.52. The van der Waals surface area contributed by atoms with Crippen LogP contribution in [0.1, 0.15) is 47.5 Å². The van der Waals surface area contributed by atoms with Gasteiger partial charge in [-0.2, -0.15) is 0 Å². The van der Waals surface area contributed by atoms with E-state index in [1.54, 1.807) is 0 Å². The lowest BCUT2D eigenvalue weighted by Gasteiger charge is -2.35. The highest BCUT2D eigenvalue weighted by Crippen LogP contribution is 2.38. The van der Waals surface area contributed by atoms with Crippen LogP contribution in [0.2, 0.25) is 0 Å². The number of allylic oxidation sites excluding steroid dienone is 5. The molecular formula is C17H24N2. The Balaban J connectivity index is 2.65. The monoisotopic (exact) mass is 256 g/mol. The Morgan fingerprint density at radius 1 is 1.21 bits per heavy atom. The molecule has 0 radical (unpaired) electrons. The summed E-state index contributed by atoms with van der Waals surface area (Å²) < 4.78 is 0. The summed E-state index contributed by atoms with van der Waals surface area (Å²) in [5.74, 6) is 0. The first-order valence-corrected chi connectivity index (χ1v) is 7.14. The zero-order valence-corrected chi connectivity index (χ0v) is 13.0. The number of hydrogen-bond acceptors (Lipinski definition) is 2. The fourth-order valence-corrected chi connectivity index (χ4v) is 2.78. The van der Waals surface area contributed by atoms with E-state index >= 15 is 0 Å². The maximum absolute atomic E-state index is 5.07. The van der Waals surface area contributed by atoms with Crippen LogP contribution in [0.5, 0.6) is 0 Å². The minimum Gasteiger partial charge on any atom is -0.289 e. The summed E-state index contributed by atoms with van der Waals surface area (Å²) in [5, 5.41) is 0. The Morgan fingerprint density at radius 2 is 1.89 bits per heavy atom. The van der Waals surface area contributed by atoms with Crippen LogP contribution >= 0.6 is 0 Å². The molecule has 0 aromatic heterocycles. The third kappa shape index (κ3) is 2.13. The second-order valence-corrected chi connectivity index (χ2v) is 5.57. The molecule has 1 unspecified atom stereocenters. The number of nitrogens with zero attached hydrogens (tertiary/aromatic N) is 2. The van der Waals surface area contributed by atoms with E-state index in [0.29, 0.717) is 0 Å². The molecule has 1 heterocycles. The molecule has 1 aliphatic carbocycles. The third-order valence-corrected chi connectivity index (χ3v) is 4.63. The summed E-state index contributed by atoms with van der Waals surface area (Å²) in [6.45, 7) is 11.1. The van der Waals surface area contributed by atoms with Crippen molar-refractivity contribution in [3.63, 3.8) is 0 Å². The Morgan fingerprint density at radius 3 is 2.42 bits per heavy atom. The first-order chi connectivity index (χ1) is 8.96. The molecule has 0 aromatic rings. The van der Waals surface area contributed by atoms with Crippen LogP contribution in [0.15, 0.2) is 44.4 Å². The highest BCUT2D eigenvalue weighted by Gasteiger charge is 2.33. The van der Waals surface area contributed by atoms with Crippen LogP contribution in [-0.4, -0.2) is 24.0 Å². The molecule has 0 N–H and O–H groups in total. The van der Waals surface area contributed by atoms with Crippen molar-refractivity contribution in [2.45, 2.75) is 53.0 Å². The number of aliphatic imine (C=N–C) groups is 2. The van der Waals surface area contributed by atoms with E-state index < -0.39 is 0 Å². The predicted molar refractivity (Wildman–Crippen MR) is 84.3 cm³/mol. The van der Waals surface area contributed by atoms with E-state index in [4.69, 9.17) is 4.99 Å². The SMILES string of the molecule is CCC1=CC(=NC)C=C2C1=NC(C)(CC)C(C)=C2C. The molecule has 0 amide bonds. The Bertz CT molecular complexity index is 556. The number of rotatable bonds is 2. The summed E-state index contributed by atoms with van der Waals surface area (Å²) in [6.07, 6.45) is 6.39. The van der Waals surface area contributed by atoms with Crippen LogP contribution in [0.3, 0.4) is 0 Å². The topological polar surface area (TPSA) is 24.7 Å². The van der Waals surface area contributed by atoms with Crippen LogP contribution in [-0.2, 0) is 0 Å². The van der Waals surface area contributed by atoms with Crippen molar-refractivity contribution in [1.82, 2.24) is 0 Å². The molecule has 1 aliphatic heterocycles. The van der Waals surface area contributed by atoms with Gasteiger partial charge in [-0.1, -0.05) is 13.8 Å². The third-order valence-electron chi connectivity index (χ3n) is 4.63. The Labute approximate surface area is 116 Å². The molecule has 0 saturated heterocycles. The van der Waals surface area contributed by atoms with E-state index in [1.165, 1.54) is 28.0 Å². The van der Waals surface area contributed by atoms with E-state index in [-0.39, 0.29) is 5.54 Å². The molecule has 102 valence electrons. The summed E-state index contributed by atoms with van der Waals surface area (Å²) in [6, 6.07) is 0. The van der Waals surface area contributed by atoms with Gasteiger partial charge in [0.2, 0.25) is 0 Å². The smallest absolute Gasteiger partial charge is 0.0796 e. The summed E-state index contributed by atoms with van der Waals surface area (Å²) in [4.78, 5) is 9.41. The second kappa shape index (κ2) is 4.92. The van der Waals surface area contributed by atoms with E-state index in [0.717, 1.165) is 18.6 Å². The zero-order valence-electron chi connectivity index (χ0n) is 13.0. The maximum atomic E-state index is 5.07. The van der Waals surface area contributed by atoms with Gasteiger partial charge in [-0.05, 0) is 62.5 Å². The molecule has 2 nitrogen and oxygen atoms in total. The molecule has 19 heavy (non-hydrogen) atoms. The molecule has 2 heteroatoms. The van der Waals surface area contributed by atoms with E-state index in [1.807, 2.05) is 7.05 Å². The standard InChI is InChI=1S/C17H24N2/c1-7-13-9-14(18-6)10-15-11(3)12(4)17(5,8-2)19-16(13)15/h9-10H,7-8H2,1-6H3. The van der Waals surface area contributed by atoms with Crippen molar-refractivity contribution in [3.05, 3.63) is 34.4 Å². The highest BCUT2D eigenvalue weighted by molar-refractivity contribution is 6.26. The van der Waals surface area contributed by atoms with Crippen LogP contribution in [0.25, 0.3) is 0 Å². The summed E-state index contributed by atoms with van der Waals surface area (Å²) >= 11 is 0. The largest absolute Gasteiger partial charge is 0.289 e. The second-order valence-electron chi connectivity index (χ2n) is 5.57. The number of hydrogen-bond donors (Lipinski definition) is 0. The van der Waals surface area contributed by atoms with E-state index in [2.05, 4.69) is 51.8 Å². The quantitative estimate of drug-likeness (QED) is 0.658. The van der Waals surface area contributed by atoms with Crippen molar-refractivity contribution in [2.75, 3.05) is 7.05 Å². The minimum atomic E-state index is -0.0497. The van der Waals surface area contributed by atoms with Crippen LogP contribution < -0.4 is 0 Å². The van der Waals surface area contributed by atoms with Gasteiger partial charge in [-0.15, -0.1) is 0 Å². The average Bonchev–Trinajstić information content (AvgIpc) is 2.44. The fourth-order valence-electron chi connectivity index (χ4n) is 2.78. The van der Waals surface area contributed by atoms with Gasteiger partial charge in [-0.3, -0.25) is 9.98 Å². The van der Waals surface area contributed by atoms with Gasteiger partial charge in [0, 0.05) is 12.6 Å². The molecular weight excluding hydrogens is 232 g/mol. The van der Waals surface area contributed by atoms with Gasteiger partial charge in [0.15, 0.2) is 0 Å². The lowest BCUT2D eigenvalue weighted by atomic mass is 9.77. The fraction of sp³-hybridized carbons (Fsp3) is 0.529. The molecule has 0 saturated carbocycles. The molecule has 1 atom stereocenters. The van der Waals surface area contributed by atoms with Gasteiger partial charge >= 0.3 is 0 Å². The van der Waals surface area contributed by atoms with Crippen molar-refractivity contribution >= 4 is 11.4 Å². The van der Waals surface area contributed by atoms with Crippen LogP contribution in [0, 0.1) is 0 Å². The lowest BCUT2D eigenvalue weighted by Crippen LogP contribution is -2.32. The van der Waals surface area contributed by atoms with Gasteiger partial charge in [0.25, 0.3) is 0 Å².